The lowest BCUT2D eigenvalue weighted by Gasteiger charge is -2.37. The van der Waals surface area contributed by atoms with E-state index in [1.165, 1.54) is 0 Å². The zero-order valence-corrected chi connectivity index (χ0v) is 17.2. The molecular formula is C21H25ClN2O4. The number of esters is 1. The summed E-state index contributed by atoms with van der Waals surface area (Å²) >= 11 is 6.31. The number of hydrogen-bond donors (Lipinski definition) is 0. The summed E-state index contributed by atoms with van der Waals surface area (Å²) in [4.78, 5) is 40.9. The van der Waals surface area contributed by atoms with Gasteiger partial charge < -0.3 is 9.64 Å². The number of halogens is 1. The van der Waals surface area contributed by atoms with Crippen molar-refractivity contribution < 1.29 is 19.1 Å². The van der Waals surface area contributed by atoms with Gasteiger partial charge in [0.05, 0.1) is 17.4 Å². The van der Waals surface area contributed by atoms with Crippen LogP contribution in [0.15, 0.2) is 35.0 Å². The molecule has 0 radical (unpaired) electrons. The molecule has 0 N–H and O–H groups in total. The summed E-state index contributed by atoms with van der Waals surface area (Å²) in [6, 6.07) is 6.42. The Morgan fingerprint density at radius 2 is 1.86 bits per heavy atom. The van der Waals surface area contributed by atoms with E-state index in [1.807, 2.05) is 4.90 Å². The second kappa shape index (κ2) is 8.35. The van der Waals surface area contributed by atoms with E-state index in [-0.39, 0.29) is 17.2 Å². The SMILES string of the molecule is CCC1CCCCN1C1=C(Cl)C(=O)N(c2ccc(C(=O)OC(C)C)cc2)C1=O. The molecule has 0 bridgehead atoms. The van der Waals surface area contributed by atoms with Crippen LogP contribution in [0.4, 0.5) is 5.69 Å². The van der Waals surface area contributed by atoms with E-state index in [0.29, 0.717) is 16.9 Å². The number of hydrogen-bond acceptors (Lipinski definition) is 5. The second-order valence-corrected chi connectivity index (χ2v) is 7.74. The zero-order valence-electron chi connectivity index (χ0n) is 16.4. The Morgan fingerprint density at radius 1 is 1.18 bits per heavy atom. The highest BCUT2D eigenvalue weighted by Crippen LogP contribution is 2.35. The number of imide groups is 1. The third kappa shape index (κ3) is 3.78. The number of rotatable bonds is 5. The van der Waals surface area contributed by atoms with Crippen LogP contribution in [0.2, 0.25) is 0 Å². The van der Waals surface area contributed by atoms with Gasteiger partial charge >= 0.3 is 5.97 Å². The standard InChI is InChI=1S/C21H25ClN2O4/c1-4-15-7-5-6-12-23(15)18-17(22)19(25)24(20(18)26)16-10-8-14(9-11-16)21(27)28-13(2)3/h8-11,13,15H,4-7,12H2,1-3H3. The van der Waals surface area contributed by atoms with Gasteiger partial charge in [0.25, 0.3) is 11.8 Å². The van der Waals surface area contributed by atoms with Crippen molar-refractivity contribution in [3.63, 3.8) is 0 Å². The topological polar surface area (TPSA) is 66.9 Å². The van der Waals surface area contributed by atoms with Crippen molar-refractivity contribution >= 4 is 35.1 Å². The van der Waals surface area contributed by atoms with Gasteiger partial charge in [-0.15, -0.1) is 0 Å². The number of amides is 2. The van der Waals surface area contributed by atoms with Crippen LogP contribution in [0, 0.1) is 0 Å². The Bertz CT molecular complexity index is 816. The van der Waals surface area contributed by atoms with Crippen LogP contribution in [0.25, 0.3) is 0 Å². The van der Waals surface area contributed by atoms with Crippen LogP contribution < -0.4 is 4.90 Å². The van der Waals surface area contributed by atoms with Gasteiger partial charge in [0.1, 0.15) is 10.7 Å². The summed E-state index contributed by atoms with van der Waals surface area (Å²) < 4.78 is 5.16. The van der Waals surface area contributed by atoms with Crippen molar-refractivity contribution in [2.24, 2.45) is 0 Å². The minimum absolute atomic E-state index is 0.0337. The quantitative estimate of drug-likeness (QED) is 0.551. The van der Waals surface area contributed by atoms with Crippen molar-refractivity contribution in [1.82, 2.24) is 4.90 Å². The van der Waals surface area contributed by atoms with E-state index in [2.05, 4.69) is 6.92 Å². The van der Waals surface area contributed by atoms with Crippen LogP contribution in [0.5, 0.6) is 0 Å². The molecule has 2 heterocycles. The third-order valence-electron chi connectivity index (χ3n) is 5.09. The van der Waals surface area contributed by atoms with Gasteiger partial charge in [0, 0.05) is 12.6 Å². The Balaban J connectivity index is 1.84. The molecule has 0 saturated carbocycles. The van der Waals surface area contributed by atoms with E-state index < -0.39 is 17.8 Å². The van der Waals surface area contributed by atoms with Crippen LogP contribution in [0.3, 0.4) is 0 Å². The maximum Gasteiger partial charge on any atom is 0.338 e. The molecule has 150 valence electrons. The molecule has 7 heteroatoms. The summed E-state index contributed by atoms with van der Waals surface area (Å²) in [5, 5.41) is -0.0337. The maximum atomic E-state index is 13.1. The van der Waals surface area contributed by atoms with Crippen LogP contribution >= 0.6 is 11.6 Å². The minimum Gasteiger partial charge on any atom is -0.459 e. The van der Waals surface area contributed by atoms with Gasteiger partial charge in [-0.25, -0.2) is 9.69 Å². The Kier molecular flexibility index (Phi) is 6.08. The molecule has 1 fully saturated rings. The lowest BCUT2D eigenvalue weighted by Crippen LogP contribution is -2.42. The van der Waals surface area contributed by atoms with E-state index >= 15 is 0 Å². The molecule has 2 amide bonds. The number of ether oxygens (including phenoxy) is 1. The number of anilines is 1. The van der Waals surface area contributed by atoms with E-state index in [0.717, 1.165) is 37.1 Å². The predicted octanol–water partition coefficient (Wildman–Crippen LogP) is 3.84. The molecule has 2 aliphatic heterocycles. The first-order chi connectivity index (χ1) is 13.3. The Labute approximate surface area is 170 Å². The normalized spacial score (nSPS) is 20.4. The summed E-state index contributed by atoms with van der Waals surface area (Å²) in [7, 11) is 0. The first kappa shape index (κ1) is 20.4. The molecular weight excluding hydrogens is 380 g/mol. The summed E-state index contributed by atoms with van der Waals surface area (Å²) in [5.74, 6) is -1.39. The Morgan fingerprint density at radius 3 is 2.46 bits per heavy atom. The average molecular weight is 405 g/mol. The molecule has 0 aliphatic carbocycles. The van der Waals surface area contributed by atoms with Crippen molar-refractivity contribution in [3.8, 4) is 0 Å². The highest BCUT2D eigenvalue weighted by Gasteiger charge is 2.43. The van der Waals surface area contributed by atoms with Gasteiger partial charge in [-0.1, -0.05) is 18.5 Å². The number of nitrogens with zero attached hydrogens (tertiary/aromatic N) is 2. The zero-order chi connectivity index (χ0) is 20.4. The van der Waals surface area contributed by atoms with E-state index in [4.69, 9.17) is 16.3 Å². The van der Waals surface area contributed by atoms with Crippen LogP contribution in [-0.4, -0.2) is 41.4 Å². The monoisotopic (exact) mass is 404 g/mol. The van der Waals surface area contributed by atoms with Crippen LogP contribution in [0.1, 0.15) is 56.8 Å². The van der Waals surface area contributed by atoms with E-state index in [9.17, 15) is 14.4 Å². The molecule has 0 aromatic heterocycles. The molecule has 1 aromatic rings. The fraction of sp³-hybridized carbons (Fsp3) is 0.476. The summed E-state index contributed by atoms with van der Waals surface area (Å²) in [6.45, 7) is 6.34. The average Bonchev–Trinajstić information content (AvgIpc) is 2.90. The number of likely N-dealkylation sites (tertiary alicyclic amines) is 1. The number of benzene rings is 1. The molecule has 1 saturated heterocycles. The fourth-order valence-corrected chi connectivity index (χ4v) is 4.00. The molecule has 28 heavy (non-hydrogen) atoms. The maximum absolute atomic E-state index is 13.1. The second-order valence-electron chi connectivity index (χ2n) is 7.36. The van der Waals surface area contributed by atoms with Crippen LogP contribution in [-0.2, 0) is 14.3 Å². The van der Waals surface area contributed by atoms with Crippen molar-refractivity contribution in [1.29, 1.82) is 0 Å². The first-order valence-corrected chi connectivity index (χ1v) is 10.1. The lowest BCUT2D eigenvalue weighted by molar-refractivity contribution is -0.121. The molecule has 6 nitrogen and oxygen atoms in total. The molecule has 1 aromatic carbocycles. The molecule has 0 spiro atoms. The van der Waals surface area contributed by atoms with Gasteiger partial charge in [0.2, 0.25) is 0 Å². The number of carbonyl (C=O) groups excluding carboxylic acids is 3. The molecule has 3 rings (SSSR count). The van der Waals surface area contributed by atoms with Crippen molar-refractivity contribution in [2.45, 2.75) is 58.6 Å². The molecule has 1 atom stereocenters. The van der Waals surface area contributed by atoms with Crippen molar-refractivity contribution in [2.75, 3.05) is 11.4 Å². The summed E-state index contributed by atoms with van der Waals surface area (Å²) in [5.41, 5.74) is 1.04. The lowest BCUT2D eigenvalue weighted by atomic mass is 9.99. The number of piperidine rings is 1. The first-order valence-electron chi connectivity index (χ1n) is 9.71. The fourth-order valence-electron chi connectivity index (χ4n) is 3.72. The van der Waals surface area contributed by atoms with Crippen molar-refractivity contribution in [3.05, 3.63) is 40.6 Å². The Hall–Kier alpha value is -2.34. The smallest absolute Gasteiger partial charge is 0.338 e. The summed E-state index contributed by atoms with van der Waals surface area (Å²) in [6.07, 6.45) is 3.73. The highest BCUT2D eigenvalue weighted by molar-refractivity contribution is 6.52. The molecule has 1 unspecified atom stereocenters. The van der Waals surface area contributed by atoms with Gasteiger partial charge in [0.15, 0.2) is 0 Å². The van der Waals surface area contributed by atoms with Gasteiger partial charge in [-0.3, -0.25) is 9.59 Å². The third-order valence-corrected chi connectivity index (χ3v) is 5.43. The predicted molar refractivity (Wildman–Crippen MR) is 107 cm³/mol. The minimum atomic E-state index is -0.528. The highest BCUT2D eigenvalue weighted by atomic mass is 35.5. The largest absolute Gasteiger partial charge is 0.459 e. The van der Waals surface area contributed by atoms with Gasteiger partial charge in [-0.05, 0) is 63.8 Å². The molecule has 2 aliphatic rings. The van der Waals surface area contributed by atoms with Gasteiger partial charge in [-0.2, -0.15) is 0 Å². The van der Waals surface area contributed by atoms with E-state index in [1.54, 1.807) is 38.1 Å². The number of carbonyl (C=O) groups is 3.